The van der Waals surface area contributed by atoms with Crippen molar-refractivity contribution in [2.45, 2.75) is 0 Å². The molecule has 0 aliphatic heterocycles. The predicted octanol–water partition coefficient (Wildman–Crippen LogP) is 10.0. The first-order valence-corrected chi connectivity index (χ1v) is 14.9. The Balaban J connectivity index is 1.18. The number of aromatic nitrogens is 2. The predicted molar refractivity (Wildman–Crippen MR) is 183 cm³/mol. The molecule has 0 atom stereocenters. The first-order chi connectivity index (χ1) is 21.7. The van der Waals surface area contributed by atoms with E-state index < -0.39 is 0 Å². The largest absolute Gasteiger partial charge is 0.338 e. The lowest BCUT2D eigenvalue weighted by Crippen LogP contribution is -2.21. The number of benzene rings is 8. The van der Waals surface area contributed by atoms with Gasteiger partial charge in [-0.15, -0.1) is 0 Å². The van der Waals surface area contributed by atoms with Crippen LogP contribution in [0.25, 0.3) is 77.0 Å². The van der Waals surface area contributed by atoms with Crippen molar-refractivity contribution in [3.63, 3.8) is 0 Å². The average Bonchev–Trinajstić information content (AvgIpc) is 3.38. The Kier molecular flexibility index (Phi) is 5.35. The minimum atomic E-state index is -0.0843. The summed E-state index contributed by atoms with van der Waals surface area (Å²) in [5.41, 5.74) is 7.94. The maximum Gasteiger partial charge on any atom is 0.338 e. The molecule has 8 aromatic carbocycles. The Bertz CT molecular complexity index is 2520. The summed E-state index contributed by atoms with van der Waals surface area (Å²) >= 11 is 0. The van der Waals surface area contributed by atoms with Crippen LogP contribution in [0, 0.1) is 0 Å². The van der Waals surface area contributed by atoms with E-state index in [0.29, 0.717) is 0 Å². The van der Waals surface area contributed by atoms with Gasteiger partial charge in [0.25, 0.3) is 0 Å². The topological polar surface area (TPSA) is 26.9 Å². The minimum absolute atomic E-state index is 0.0843. The number of rotatable bonds is 4. The Hall–Kier alpha value is -5.93. The van der Waals surface area contributed by atoms with E-state index in [1.54, 1.807) is 4.57 Å². The summed E-state index contributed by atoms with van der Waals surface area (Å²) in [4.78, 5) is 13.9. The van der Waals surface area contributed by atoms with Crippen LogP contribution in [0.15, 0.2) is 163 Å². The molecule has 0 saturated heterocycles. The number of fused-ring (bicyclic) bond motifs is 1. The van der Waals surface area contributed by atoms with Gasteiger partial charge in [0.15, 0.2) is 0 Å². The first-order valence-electron chi connectivity index (χ1n) is 14.9. The zero-order valence-electron chi connectivity index (χ0n) is 23.8. The molecule has 44 heavy (non-hydrogen) atoms. The van der Waals surface area contributed by atoms with Crippen molar-refractivity contribution in [3.8, 4) is 33.6 Å². The molecule has 0 aliphatic carbocycles. The molecule has 1 heterocycles. The van der Waals surface area contributed by atoms with Gasteiger partial charge in [-0.25, -0.2) is 4.79 Å². The van der Waals surface area contributed by atoms with E-state index in [4.69, 9.17) is 0 Å². The van der Waals surface area contributed by atoms with Crippen LogP contribution in [0.2, 0.25) is 0 Å². The summed E-state index contributed by atoms with van der Waals surface area (Å²) in [6.45, 7) is 0. The number of nitrogens with zero attached hydrogens (tertiary/aromatic N) is 2. The highest BCUT2D eigenvalue weighted by molar-refractivity contribution is 6.25. The van der Waals surface area contributed by atoms with E-state index in [2.05, 4.69) is 97.1 Å². The van der Waals surface area contributed by atoms with Crippen LogP contribution >= 0.6 is 0 Å². The third-order valence-electron chi connectivity index (χ3n) is 8.93. The third-order valence-corrected chi connectivity index (χ3v) is 8.93. The van der Waals surface area contributed by atoms with Crippen LogP contribution in [0.5, 0.6) is 0 Å². The molecule has 3 nitrogen and oxygen atoms in total. The normalized spacial score (nSPS) is 11.7. The summed E-state index contributed by atoms with van der Waals surface area (Å²) in [5.74, 6) is 0. The monoisotopic (exact) mass is 562 g/mol. The van der Waals surface area contributed by atoms with Crippen molar-refractivity contribution in [1.82, 2.24) is 9.13 Å². The van der Waals surface area contributed by atoms with Gasteiger partial charge in [0.2, 0.25) is 0 Å². The lowest BCUT2D eigenvalue weighted by atomic mass is 9.89. The quantitative estimate of drug-likeness (QED) is 0.196. The standard InChI is InChI=1S/C41H26N2O/c44-41-42(33-10-3-1-4-11-33)37-25-22-32(26-38(37)43(41)34-12-5-2-6-13-34)27-14-16-28(17-15-27)35-23-20-31-19-18-29-8-7-9-30-21-24-36(35)40(31)39(29)30/h1-26H. The van der Waals surface area contributed by atoms with Crippen LogP contribution < -0.4 is 5.69 Å². The van der Waals surface area contributed by atoms with E-state index in [9.17, 15) is 4.79 Å². The molecule has 0 aliphatic rings. The molecule has 1 aromatic heterocycles. The summed E-state index contributed by atoms with van der Waals surface area (Å²) < 4.78 is 3.61. The van der Waals surface area contributed by atoms with Crippen molar-refractivity contribution >= 4 is 43.4 Å². The van der Waals surface area contributed by atoms with Crippen molar-refractivity contribution in [2.75, 3.05) is 0 Å². The second-order valence-electron chi connectivity index (χ2n) is 11.4. The lowest BCUT2D eigenvalue weighted by Gasteiger charge is -2.14. The molecular formula is C41H26N2O. The van der Waals surface area contributed by atoms with Gasteiger partial charge in [-0.2, -0.15) is 0 Å². The Labute approximate surface area is 253 Å². The molecule has 3 heteroatoms. The molecule has 9 rings (SSSR count). The van der Waals surface area contributed by atoms with Gasteiger partial charge >= 0.3 is 5.69 Å². The van der Waals surface area contributed by atoms with Gasteiger partial charge < -0.3 is 0 Å². The Morgan fingerprint density at radius 2 is 0.932 bits per heavy atom. The summed E-state index contributed by atoms with van der Waals surface area (Å²) in [6.07, 6.45) is 0. The fourth-order valence-electron chi connectivity index (χ4n) is 6.86. The fourth-order valence-corrected chi connectivity index (χ4v) is 6.86. The molecular weight excluding hydrogens is 536 g/mol. The molecule has 0 saturated carbocycles. The van der Waals surface area contributed by atoms with E-state index in [1.165, 1.54) is 43.4 Å². The van der Waals surface area contributed by atoms with Gasteiger partial charge in [0.05, 0.1) is 22.4 Å². The molecule has 9 aromatic rings. The van der Waals surface area contributed by atoms with Crippen LogP contribution in [0.3, 0.4) is 0 Å². The maximum atomic E-state index is 13.9. The first kappa shape index (κ1) is 24.6. The van der Waals surface area contributed by atoms with E-state index in [0.717, 1.165) is 33.5 Å². The minimum Gasteiger partial charge on any atom is -0.260 e. The van der Waals surface area contributed by atoms with Crippen LogP contribution in [-0.2, 0) is 0 Å². The smallest absolute Gasteiger partial charge is 0.260 e. The van der Waals surface area contributed by atoms with Crippen molar-refractivity contribution < 1.29 is 0 Å². The number of hydrogen-bond acceptors (Lipinski definition) is 1. The second kappa shape index (κ2) is 9.55. The molecule has 0 unspecified atom stereocenters. The van der Waals surface area contributed by atoms with Crippen molar-refractivity contribution in [3.05, 3.63) is 168 Å². The van der Waals surface area contributed by atoms with Crippen LogP contribution in [0.1, 0.15) is 0 Å². The number of para-hydroxylation sites is 2. The molecule has 206 valence electrons. The van der Waals surface area contributed by atoms with Gasteiger partial charge in [0, 0.05) is 0 Å². The number of imidazole rings is 1. The van der Waals surface area contributed by atoms with Crippen molar-refractivity contribution in [2.24, 2.45) is 0 Å². The average molecular weight is 563 g/mol. The molecule has 0 bridgehead atoms. The van der Waals surface area contributed by atoms with Gasteiger partial charge in [0.1, 0.15) is 0 Å². The second-order valence-corrected chi connectivity index (χ2v) is 11.4. The van der Waals surface area contributed by atoms with Gasteiger partial charge in [-0.05, 0) is 91.0 Å². The summed E-state index contributed by atoms with van der Waals surface area (Å²) in [7, 11) is 0. The van der Waals surface area contributed by atoms with E-state index in [-0.39, 0.29) is 5.69 Å². The highest BCUT2D eigenvalue weighted by Gasteiger charge is 2.17. The zero-order chi connectivity index (χ0) is 29.2. The van der Waals surface area contributed by atoms with Crippen molar-refractivity contribution in [1.29, 1.82) is 0 Å². The summed E-state index contributed by atoms with van der Waals surface area (Å²) in [5, 5.41) is 7.76. The van der Waals surface area contributed by atoms with E-state index in [1.807, 2.05) is 65.2 Å². The molecule has 0 radical (unpaired) electrons. The highest BCUT2D eigenvalue weighted by atomic mass is 16.1. The molecule has 0 spiro atoms. The van der Waals surface area contributed by atoms with Crippen LogP contribution in [-0.4, -0.2) is 9.13 Å². The highest BCUT2D eigenvalue weighted by Crippen LogP contribution is 2.39. The van der Waals surface area contributed by atoms with E-state index >= 15 is 0 Å². The number of hydrogen-bond donors (Lipinski definition) is 0. The zero-order valence-corrected chi connectivity index (χ0v) is 23.8. The van der Waals surface area contributed by atoms with Gasteiger partial charge in [-0.3, -0.25) is 9.13 Å². The molecule has 0 N–H and O–H groups in total. The molecule has 0 fully saturated rings. The Morgan fingerprint density at radius 3 is 1.61 bits per heavy atom. The fraction of sp³-hybridized carbons (Fsp3) is 0. The SMILES string of the molecule is O=c1n(-c2ccccc2)c2ccc(-c3ccc(-c4ccc5ccc6cccc7ccc4c5c67)cc3)cc2n1-c1ccccc1. The maximum absolute atomic E-state index is 13.9. The third kappa shape index (κ3) is 3.66. The Morgan fingerprint density at radius 1 is 0.386 bits per heavy atom. The lowest BCUT2D eigenvalue weighted by molar-refractivity contribution is 0.931. The van der Waals surface area contributed by atoms with Crippen LogP contribution in [0.4, 0.5) is 0 Å². The summed E-state index contributed by atoms with van der Waals surface area (Å²) in [6, 6.07) is 54.8. The molecule has 0 amide bonds. The van der Waals surface area contributed by atoms with Gasteiger partial charge in [-0.1, -0.05) is 121 Å².